The quantitative estimate of drug-likeness (QED) is 0.731. The number of methoxy groups -OCH3 is 2. The number of fused-ring (bicyclic) bond motifs is 1. The van der Waals surface area contributed by atoms with Crippen LogP contribution in [0.3, 0.4) is 0 Å². The van der Waals surface area contributed by atoms with Gasteiger partial charge in [0.1, 0.15) is 10.7 Å². The molecule has 3 rings (SSSR count). The maximum atomic E-state index is 12.4. The monoisotopic (exact) mass is 378 g/mol. The molecule has 0 radical (unpaired) electrons. The fraction of sp³-hybridized carbons (Fsp3) is 0.312. The number of amides is 3. The van der Waals surface area contributed by atoms with Crippen molar-refractivity contribution < 1.29 is 23.8 Å². The van der Waals surface area contributed by atoms with Crippen molar-refractivity contribution in [2.24, 2.45) is 5.73 Å². The topological polar surface area (TPSA) is 125 Å². The highest BCUT2D eigenvalue weighted by Crippen LogP contribution is 2.36. The lowest BCUT2D eigenvalue weighted by atomic mass is 10.1. The predicted octanol–water partition coefficient (Wildman–Crippen LogP) is 1.98. The van der Waals surface area contributed by atoms with E-state index in [4.69, 9.17) is 19.9 Å². The Morgan fingerprint density at radius 1 is 1.27 bits per heavy atom. The zero-order valence-electron chi connectivity index (χ0n) is 14.3. The van der Waals surface area contributed by atoms with Gasteiger partial charge in [-0.05, 0) is 18.1 Å². The van der Waals surface area contributed by atoms with Crippen LogP contribution in [0.5, 0.6) is 11.8 Å². The Balaban J connectivity index is 1.81. The number of carbonyl (C=O) groups is 2. The number of carbonyl (C=O) groups excluding carboxylic acids is 2. The number of primary amides is 1. The summed E-state index contributed by atoms with van der Waals surface area (Å²) in [6.45, 7) is 0.921. The van der Waals surface area contributed by atoms with Crippen molar-refractivity contribution in [2.75, 3.05) is 31.5 Å². The number of rotatable bonds is 5. The Morgan fingerprint density at radius 3 is 2.77 bits per heavy atom. The molecule has 0 aromatic carbocycles. The Morgan fingerprint density at radius 2 is 2.08 bits per heavy atom. The lowest BCUT2D eigenvalue weighted by Crippen LogP contribution is -2.22. The van der Waals surface area contributed by atoms with Crippen molar-refractivity contribution in [1.82, 2.24) is 4.98 Å². The van der Waals surface area contributed by atoms with Crippen molar-refractivity contribution in [3.8, 4) is 11.8 Å². The average molecular weight is 378 g/mol. The summed E-state index contributed by atoms with van der Waals surface area (Å²) in [6, 6.07) is 2.65. The maximum absolute atomic E-state index is 12.4. The summed E-state index contributed by atoms with van der Waals surface area (Å²) in [6.07, 6.45) is 0.587. The van der Waals surface area contributed by atoms with E-state index < -0.39 is 11.9 Å². The SMILES string of the molecule is COc1ccc(NC(=O)Nc2sc3c(c2C(N)=O)CCOC3)c(OC)n1. The summed E-state index contributed by atoms with van der Waals surface area (Å²) >= 11 is 1.28. The van der Waals surface area contributed by atoms with E-state index in [-0.39, 0.29) is 5.88 Å². The number of thiophene rings is 1. The first kappa shape index (κ1) is 18.0. The molecule has 0 saturated heterocycles. The van der Waals surface area contributed by atoms with E-state index in [0.717, 1.165) is 10.4 Å². The molecule has 0 bridgehead atoms. The fourth-order valence-corrected chi connectivity index (χ4v) is 3.81. The molecule has 0 saturated carbocycles. The molecule has 26 heavy (non-hydrogen) atoms. The minimum absolute atomic E-state index is 0.202. The second kappa shape index (κ2) is 7.58. The van der Waals surface area contributed by atoms with Gasteiger partial charge in [0.05, 0.1) is 33.0 Å². The third-order valence-electron chi connectivity index (χ3n) is 3.78. The molecule has 3 amide bonds. The normalized spacial score (nSPS) is 12.8. The number of hydrogen-bond acceptors (Lipinski definition) is 7. The molecule has 1 aliphatic heterocycles. The van der Waals surface area contributed by atoms with Gasteiger partial charge in [-0.3, -0.25) is 10.1 Å². The average Bonchev–Trinajstić information content (AvgIpc) is 2.99. The Hall–Kier alpha value is -2.85. The van der Waals surface area contributed by atoms with Crippen molar-refractivity contribution in [1.29, 1.82) is 0 Å². The van der Waals surface area contributed by atoms with Crippen molar-refractivity contribution >= 4 is 34.0 Å². The molecule has 0 spiro atoms. The molecule has 4 N–H and O–H groups in total. The van der Waals surface area contributed by atoms with Crippen LogP contribution in [-0.2, 0) is 17.8 Å². The molecule has 2 aromatic heterocycles. The zero-order chi connectivity index (χ0) is 18.7. The number of pyridine rings is 1. The lowest BCUT2D eigenvalue weighted by Gasteiger charge is -2.12. The van der Waals surface area contributed by atoms with E-state index in [9.17, 15) is 9.59 Å². The summed E-state index contributed by atoms with van der Waals surface area (Å²) < 4.78 is 15.6. The predicted molar refractivity (Wildman–Crippen MR) is 96.2 cm³/mol. The minimum atomic E-state index is -0.580. The molecular formula is C16H18N4O5S. The number of nitrogens with one attached hydrogen (secondary N) is 2. The number of nitrogens with two attached hydrogens (primary N) is 1. The van der Waals surface area contributed by atoms with Crippen LogP contribution in [-0.4, -0.2) is 37.7 Å². The number of anilines is 2. The van der Waals surface area contributed by atoms with Crippen LogP contribution >= 0.6 is 11.3 Å². The Kier molecular flexibility index (Phi) is 5.24. The highest BCUT2D eigenvalue weighted by Gasteiger charge is 2.25. The van der Waals surface area contributed by atoms with Crippen molar-refractivity contribution in [3.63, 3.8) is 0 Å². The van der Waals surface area contributed by atoms with E-state index in [1.54, 1.807) is 12.1 Å². The molecule has 0 fully saturated rings. The van der Waals surface area contributed by atoms with Crippen LogP contribution in [0.1, 0.15) is 20.8 Å². The highest BCUT2D eigenvalue weighted by atomic mass is 32.1. The van der Waals surface area contributed by atoms with Gasteiger partial charge in [0.25, 0.3) is 5.91 Å². The van der Waals surface area contributed by atoms with Gasteiger partial charge in [-0.15, -0.1) is 11.3 Å². The van der Waals surface area contributed by atoms with Gasteiger partial charge < -0.3 is 25.3 Å². The first-order valence-electron chi connectivity index (χ1n) is 7.72. The maximum Gasteiger partial charge on any atom is 0.324 e. The number of nitrogens with zero attached hydrogens (tertiary/aromatic N) is 1. The molecule has 10 heteroatoms. The van der Waals surface area contributed by atoms with Crippen LogP contribution in [0.15, 0.2) is 12.1 Å². The van der Waals surface area contributed by atoms with Crippen LogP contribution < -0.4 is 25.8 Å². The molecule has 138 valence electrons. The standard InChI is InChI=1S/C16H18N4O5S/c1-23-11-4-3-9(14(19-11)24-2)18-16(22)20-15-12(13(17)21)8-5-6-25-7-10(8)26-15/h3-4H,5-7H2,1-2H3,(H2,17,21)(H2,18,20,22). The summed E-state index contributed by atoms with van der Waals surface area (Å²) in [5.74, 6) is -0.0216. The van der Waals surface area contributed by atoms with Gasteiger partial charge in [0, 0.05) is 10.9 Å². The molecule has 2 aromatic rings. The largest absolute Gasteiger partial charge is 0.481 e. The second-order valence-electron chi connectivity index (χ2n) is 5.36. The van der Waals surface area contributed by atoms with Crippen molar-refractivity contribution in [3.05, 3.63) is 28.1 Å². The molecule has 0 unspecified atom stereocenters. The van der Waals surface area contributed by atoms with Gasteiger partial charge in [0.2, 0.25) is 11.8 Å². The van der Waals surface area contributed by atoms with Crippen molar-refractivity contribution in [2.45, 2.75) is 13.0 Å². The first-order valence-corrected chi connectivity index (χ1v) is 8.54. The molecular weight excluding hydrogens is 360 g/mol. The molecule has 9 nitrogen and oxygen atoms in total. The minimum Gasteiger partial charge on any atom is -0.481 e. The van der Waals surface area contributed by atoms with E-state index in [1.165, 1.54) is 25.6 Å². The lowest BCUT2D eigenvalue weighted by molar-refractivity contribution is 0.0991. The van der Waals surface area contributed by atoms with Gasteiger partial charge >= 0.3 is 6.03 Å². The summed E-state index contributed by atoms with van der Waals surface area (Å²) in [7, 11) is 2.92. The second-order valence-corrected chi connectivity index (χ2v) is 6.47. The fourth-order valence-electron chi connectivity index (χ4n) is 2.63. The smallest absolute Gasteiger partial charge is 0.324 e. The number of ether oxygens (including phenoxy) is 3. The third-order valence-corrected chi connectivity index (χ3v) is 4.90. The molecule has 0 aliphatic carbocycles. The first-order chi connectivity index (χ1) is 12.5. The van der Waals surface area contributed by atoms with Crippen LogP contribution in [0.25, 0.3) is 0 Å². The molecule has 1 aliphatic rings. The van der Waals surface area contributed by atoms with Gasteiger partial charge in [-0.1, -0.05) is 0 Å². The van der Waals surface area contributed by atoms with Gasteiger partial charge in [0.15, 0.2) is 0 Å². The molecule has 3 heterocycles. The molecule has 0 atom stereocenters. The summed E-state index contributed by atoms with van der Waals surface area (Å²) in [5.41, 5.74) is 7.03. The van der Waals surface area contributed by atoms with E-state index >= 15 is 0 Å². The number of urea groups is 1. The van der Waals surface area contributed by atoms with Crippen LogP contribution in [0, 0.1) is 0 Å². The number of aromatic nitrogens is 1. The van der Waals surface area contributed by atoms with Gasteiger partial charge in [-0.25, -0.2) is 4.79 Å². The van der Waals surface area contributed by atoms with Crippen LogP contribution in [0.2, 0.25) is 0 Å². The van der Waals surface area contributed by atoms with Crippen LogP contribution in [0.4, 0.5) is 15.5 Å². The van der Waals surface area contributed by atoms with Gasteiger partial charge in [-0.2, -0.15) is 4.98 Å². The Bertz CT molecular complexity index is 851. The summed E-state index contributed by atoms with van der Waals surface area (Å²) in [4.78, 5) is 29.2. The third kappa shape index (κ3) is 3.55. The zero-order valence-corrected chi connectivity index (χ0v) is 15.1. The summed E-state index contributed by atoms with van der Waals surface area (Å²) in [5, 5.41) is 5.71. The van der Waals surface area contributed by atoms with E-state index in [2.05, 4.69) is 15.6 Å². The number of hydrogen-bond donors (Lipinski definition) is 3. The van der Waals surface area contributed by atoms with E-state index in [1.807, 2.05) is 0 Å². The van der Waals surface area contributed by atoms with E-state index in [0.29, 0.717) is 41.8 Å². The highest BCUT2D eigenvalue weighted by molar-refractivity contribution is 7.17. The Labute approximate surface area is 153 Å².